The van der Waals surface area contributed by atoms with Crippen molar-refractivity contribution < 1.29 is 52.0 Å². The van der Waals surface area contributed by atoms with Crippen molar-refractivity contribution in [2.24, 2.45) is 0 Å². The summed E-state index contributed by atoms with van der Waals surface area (Å²) >= 11 is 0.520. The van der Waals surface area contributed by atoms with Crippen LogP contribution >= 0.6 is 11.8 Å². The number of halogens is 5. The van der Waals surface area contributed by atoms with Crippen LogP contribution in [-0.4, -0.2) is 59.5 Å². The Morgan fingerprint density at radius 1 is 1.04 bits per heavy atom. The smallest absolute Gasteiger partial charge is 0.383 e. The lowest BCUT2D eigenvalue weighted by atomic mass is 9.96. The molecule has 0 aliphatic carbocycles. The molecule has 0 radical (unpaired) electrons. The first kappa shape index (κ1) is 23.3. The number of piperidine rings is 1. The Bertz CT molecular complexity index is 2750. The highest BCUT2D eigenvalue weighted by Crippen LogP contribution is 2.34. The number of pyridine rings is 1. The summed E-state index contributed by atoms with van der Waals surface area (Å²) in [6.45, 7) is -13.1. The van der Waals surface area contributed by atoms with E-state index in [9.17, 15) is 37.7 Å². The molecule has 0 spiro atoms. The molecule has 6 rings (SSSR count). The predicted molar refractivity (Wildman–Crippen MR) is 198 cm³/mol. The molecule has 1 atom stereocenters. The van der Waals surface area contributed by atoms with Crippen molar-refractivity contribution in [1.82, 2.24) is 14.4 Å². The Balaban J connectivity index is 1.60. The molecule has 1 saturated heterocycles. The van der Waals surface area contributed by atoms with Crippen LogP contribution in [0.2, 0.25) is 0 Å². The number of carbonyl (C=O) groups is 1. The maximum atomic E-state index is 15.6. The summed E-state index contributed by atoms with van der Waals surface area (Å²) in [6, 6.07) is 10.0. The second-order valence-electron chi connectivity index (χ2n) is 11.5. The predicted octanol–water partition coefficient (Wildman–Crippen LogP) is 8.96. The van der Waals surface area contributed by atoms with Crippen LogP contribution in [0.25, 0.3) is 22.0 Å². The number of nitrogens with zero attached hydrogens (tertiary/aromatic N) is 3. The molecule has 4 aromatic carbocycles. The van der Waals surface area contributed by atoms with Gasteiger partial charge in [-0.15, -0.1) is 11.8 Å². The number of likely N-dealkylation sites (tertiary alicyclic amines) is 1. The maximum Gasteiger partial charge on any atom is 0.416 e. The lowest BCUT2D eigenvalue weighted by Crippen LogP contribution is -2.49. The average Bonchev–Trinajstić information content (AvgIpc) is 3.24. The van der Waals surface area contributed by atoms with E-state index in [1.807, 2.05) is 0 Å². The maximum absolute atomic E-state index is 15.6. The van der Waals surface area contributed by atoms with Crippen LogP contribution in [0.15, 0.2) is 107 Å². The number of alkyl halides is 3. The quantitative estimate of drug-likeness (QED) is 0.0939. The minimum Gasteiger partial charge on any atom is -0.383 e. The van der Waals surface area contributed by atoms with Crippen molar-refractivity contribution >= 4 is 28.6 Å². The Kier molecular flexibility index (Phi) is 7.32. The van der Waals surface area contributed by atoms with Gasteiger partial charge < -0.3 is 19.1 Å². The molecule has 1 aliphatic heterocycles. The van der Waals surface area contributed by atoms with Gasteiger partial charge in [-0.25, -0.2) is 8.78 Å². The number of fused-ring (bicyclic) bond motifs is 1. The zero-order valence-electron chi connectivity index (χ0n) is 42.7. The normalized spacial score (nSPS) is 24.5. The van der Waals surface area contributed by atoms with Crippen molar-refractivity contribution in [3.8, 4) is 11.1 Å². The minimum absolute atomic E-state index is 0.0779. The van der Waals surface area contributed by atoms with Gasteiger partial charge in [-0.1, -0.05) is 60.7 Å². The van der Waals surface area contributed by atoms with Gasteiger partial charge in [-0.2, -0.15) is 13.2 Å². The van der Waals surface area contributed by atoms with Crippen molar-refractivity contribution in [2.75, 3.05) is 33.2 Å². The van der Waals surface area contributed by atoms with Crippen LogP contribution < -0.4 is 5.43 Å². The molecule has 1 aromatic heterocycles. The number of benzene rings is 4. The minimum atomic E-state index is -4.67. The fourth-order valence-corrected chi connectivity index (χ4v) is 6.39. The van der Waals surface area contributed by atoms with E-state index < -0.39 is 116 Å². The summed E-state index contributed by atoms with van der Waals surface area (Å²) in [4.78, 5) is 28.8. The fourth-order valence-electron chi connectivity index (χ4n) is 5.40. The molecule has 1 fully saturated rings. The molecular weight excluding hydrogens is 710 g/mol. The van der Waals surface area contributed by atoms with Crippen LogP contribution in [0.5, 0.6) is 0 Å². The van der Waals surface area contributed by atoms with Gasteiger partial charge in [0.05, 0.1) is 38.3 Å². The molecule has 5 aromatic rings. The van der Waals surface area contributed by atoms with Crippen molar-refractivity contribution in [1.29, 1.82) is 0 Å². The van der Waals surface area contributed by atoms with Crippen molar-refractivity contribution in [3.63, 3.8) is 0 Å². The van der Waals surface area contributed by atoms with E-state index in [-0.39, 0.29) is 37.4 Å². The Morgan fingerprint density at radius 2 is 1.72 bits per heavy atom. The summed E-state index contributed by atoms with van der Waals surface area (Å²) in [5.74, 6) is -5.23. The lowest BCUT2D eigenvalue weighted by molar-refractivity contribution is -0.138. The Labute approximate surface area is 330 Å². The summed E-state index contributed by atoms with van der Waals surface area (Å²) in [5, 5.41) is -0.709. The number of amides is 1. The summed E-state index contributed by atoms with van der Waals surface area (Å²) in [5.41, 5.74) is -2.44. The van der Waals surface area contributed by atoms with E-state index >= 15 is 4.79 Å². The van der Waals surface area contributed by atoms with E-state index in [0.29, 0.717) is 16.3 Å². The number of para-hydroxylation sites is 1. The van der Waals surface area contributed by atoms with Crippen LogP contribution in [-0.2, 0) is 28.0 Å². The summed E-state index contributed by atoms with van der Waals surface area (Å²) < 4.78 is 209. The summed E-state index contributed by atoms with van der Waals surface area (Å²) in [6.07, 6.45) is -13.1. The van der Waals surface area contributed by atoms with Gasteiger partial charge in [-0.05, 0) is 66.7 Å². The standard InChI is InChI=1S/C41H40F5N3O3S/c1-27(28-10-12-29(13-11-28)30-14-16-32(17-15-30)41(44,45)46)49(33-18-20-47(21-19-33)22-23-52-2)38(51)25-48-36-9-4-3-7-34(36)37(50)24-39(48)53-26-31-6-5-8-35(42)40(31)43/h3-17,24,27,33H,18-23,25-26H2,1-2H3/i2D3,18D2,19D2,20D2,21D2,25D2,27D,33D. The second-order valence-corrected chi connectivity index (χ2v) is 12.5. The average molecular weight is 765 g/mol. The number of aromatic nitrogens is 1. The molecule has 1 amide bonds. The number of ether oxygens (including phenoxy) is 1. The number of methoxy groups -OCH3 is 1. The Morgan fingerprint density at radius 3 is 2.40 bits per heavy atom. The monoisotopic (exact) mass is 764 g/mol. The highest BCUT2D eigenvalue weighted by Gasteiger charge is 2.33. The molecule has 278 valence electrons. The molecule has 6 nitrogen and oxygen atoms in total. The van der Waals surface area contributed by atoms with Gasteiger partial charge in [0.2, 0.25) is 5.91 Å². The molecule has 0 bridgehead atoms. The van der Waals surface area contributed by atoms with Gasteiger partial charge in [0.15, 0.2) is 17.1 Å². The molecule has 0 saturated carbocycles. The second kappa shape index (κ2) is 16.7. The van der Waals surface area contributed by atoms with Crippen LogP contribution in [0.1, 0.15) is 62.9 Å². The van der Waals surface area contributed by atoms with E-state index in [1.165, 1.54) is 48.5 Å². The highest BCUT2D eigenvalue weighted by molar-refractivity contribution is 7.98. The first-order chi connectivity index (χ1) is 31.1. The molecule has 0 N–H and O–H groups in total. The van der Waals surface area contributed by atoms with Gasteiger partial charge in [0.1, 0.15) is 6.50 Å². The first-order valence-corrected chi connectivity index (χ1v) is 16.8. The third kappa shape index (κ3) is 8.83. The summed E-state index contributed by atoms with van der Waals surface area (Å²) in [7, 11) is -3.13. The first-order valence-electron chi connectivity index (χ1n) is 23.3. The third-order valence-corrected chi connectivity index (χ3v) is 9.20. The van der Waals surface area contributed by atoms with Crippen molar-refractivity contribution in [3.05, 3.63) is 136 Å². The van der Waals surface area contributed by atoms with E-state index in [2.05, 4.69) is 4.74 Å². The zero-order chi connectivity index (χ0) is 51.0. The fraction of sp³-hybridized carbons (Fsp3) is 0.317. The molecule has 53 heavy (non-hydrogen) atoms. The van der Waals surface area contributed by atoms with Crippen molar-refractivity contribution in [2.45, 2.75) is 55.2 Å². The number of rotatable bonds is 12. The number of hydrogen-bond donors (Lipinski definition) is 0. The lowest BCUT2D eigenvalue weighted by Gasteiger charge is -2.42. The topological polar surface area (TPSA) is 54.8 Å². The molecule has 1 unspecified atom stereocenters. The SMILES string of the molecule is [2H]C([2H])([2H])OCCN1C([2H])([2H])C([2H])([2H])C([2H])(N(C(=O)C([2H])([2H])n2c(SCc3cccc(F)c3F)cc(=O)c3ccccc32)C([2H])(C)c2ccc(-c3ccc(C(F)(F)F)cc3)cc2)C([2H])([2H])C1([2H])[2H]. The molecule has 12 heteroatoms. The van der Waals surface area contributed by atoms with Gasteiger partial charge in [-0.3, -0.25) is 9.59 Å². The number of hydrogen-bond acceptors (Lipinski definition) is 5. The molecule has 1 aliphatic rings. The van der Waals surface area contributed by atoms with E-state index in [1.54, 1.807) is 0 Å². The van der Waals surface area contributed by atoms with Crippen LogP contribution in [0.3, 0.4) is 0 Å². The van der Waals surface area contributed by atoms with Crippen LogP contribution in [0.4, 0.5) is 22.0 Å². The zero-order valence-corrected chi connectivity index (χ0v) is 28.5. The highest BCUT2D eigenvalue weighted by atomic mass is 32.2. The number of carbonyl (C=O) groups excluding carboxylic acids is 1. The molecule has 2 heterocycles. The van der Waals surface area contributed by atoms with Gasteiger partial charge in [0, 0.05) is 66.3 Å². The van der Waals surface area contributed by atoms with Gasteiger partial charge >= 0.3 is 6.18 Å². The van der Waals surface area contributed by atoms with E-state index in [4.69, 9.17) is 9.60 Å². The third-order valence-electron chi connectivity index (χ3n) is 8.15. The van der Waals surface area contributed by atoms with Crippen LogP contribution in [0, 0.1) is 11.6 Å². The number of thioether (sulfide) groups is 1. The Hall–Kier alpha value is -4.52. The largest absolute Gasteiger partial charge is 0.416 e. The van der Waals surface area contributed by atoms with Gasteiger partial charge in [0.25, 0.3) is 0 Å². The van der Waals surface area contributed by atoms with E-state index in [0.717, 1.165) is 55.5 Å². The molecular formula is C41H40F5N3O3S.